The molecule has 0 amide bonds. The van der Waals surface area contributed by atoms with Crippen LogP contribution in [-0.4, -0.2) is 40.2 Å². The molecule has 0 saturated carbocycles. The molecule has 0 aliphatic carbocycles. The quantitative estimate of drug-likeness (QED) is 0.107. The van der Waals surface area contributed by atoms with Gasteiger partial charge in [0.25, 0.3) is 0 Å². The van der Waals surface area contributed by atoms with Crippen LogP contribution in [0.1, 0.15) is 43.4 Å². The first-order chi connectivity index (χ1) is 19.9. The molecule has 42 heavy (non-hydrogen) atoms. The second-order valence-electron chi connectivity index (χ2n) is 9.52. The number of aryl methyl sites for hydroxylation is 1. The molecule has 5 aromatic rings. The predicted octanol–water partition coefficient (Wildman–Crippen LogP) is 5.84. The first-order valence-corrected chi connectivity index (χ1v) is 12.4. The third-order valence-corrected chi connectivity index (χ3v) is 6.99. The fraction of sp³-hybridized carbons (Fsp3) is 0.207. The minimum Gasteiger partial charge on any atom is -0.377 e. The minimum absolute atomic E-state index is 0.0171. The lowest BCUT2D eigenvalue weighted by Crippen LogP contribution is -2.11. The number of pyridine rings is 1. The highest BCUT2D eigenvalue weighted by Gasteiger charge is 2.38. The van der Waals surface area contributed by atoms with Gasteiger partial charge >= 0.3 is 6.18 Å². The lowest BCUT2D eigenvalue weighted by molar-refractivity contribution is -0.137. The van der Waals surface area contributed by atoms with Crippen LogP contribution in [0, 0.1) is 17.5 Å². The van der Waals surface area contributed by atoms with Crippen molar-refractivity contribution in [3.05, 3.63) is 93.8 Å². The van der Waals surface area contributed by atoms with E-state index in [-0.39, 0.29) is 46.5 Å². The molecular formula is C29H22F6N4O3. The van der Waals surface area contributed by atoms with Crippen molar-refractivity contribution in [3.8, 4) is 11.1 Å². The Morgan fingerprint density at radius 3 is 2.40 bits per heavy atom. The highest BCUT2D eigenvalue weighted by Crippen LogP contribution is 2.44. The summed E-state index contributed by atoms with van der Waals surface area (Å²) in [5.74, 6) is -5.50. The Labute approximate surface area is 234 Å². The Hall–Kier alpha value is -4.49. The van der Waals surface area contributed by atoms with Gasteiger partial charge in [0.15, 0.2) is 23.7 Å². The van der Waals surface area contributed by atoms with Crippen molar-refractivity contribution < 1.29 is 40.7 Å². The SMILES string of the molecule is CNCc1cc(C(=O)c2cc(F)c(F)c(F)c2)n2cccc(-c3c(C(F)(F)F)cc4c(nc(COC)n4C)c3C=O)c12. The largest absolute Gasteiger partial charge is 0.417 e. The zero-order chi connectivity index (χ0) is 30.5. The van der Waals surface area contributed by atoms with Gasteiger partial charge in [-0.15, -0.1) is 0 Å². The normalized spacial score (nSPS) is 12.0. The van der Waals surface area contributed by atoms with E-state index in [2.05, 4.69) is 10.3 Å². The molecule has 0 saturated heterocycles. The van der Waals surface area contributed by atoms with E-state index in [0.717, 1.165) is 6.07 Å². The van der Waals surface area contributed by atoms with Crippen molar-refractivity contribution in [2.75, 3.05) is 14.2 Å². The Morgan fingerprint density at radius 2 is 1.81 bits per heavy atom. The molecule has 7 nitrogen and oxygen atoms in total. The second-order valence-corrected chi connectivity index (χ2v) is 9.52. The molecule has 0 unspecified atom stereocenters. The third-order valence-electron chi connectivity index (χ3n) is 6.99. The van der Waals surface area contributed by atoms with E-state index in [4.69, 9.17) is 4.74 Å². The number of imidazole rings is 1. The van der Waals surface area contributed by atoms with Gasteiger partial charge in [0.2, 0.25) is 5.78 Å². The number of alkyl halides is 3. The van der Waals surface area contributed by atoms with Gasteiger partial charge < -0.3 is 19.0 Å². The number of rotatable bonds is 8. The summed E-state index contributed by atoms with van der Waals surface area (Å²) in [6.07, 6.45) is -3.21. The number of carbonyl (C=O) groups is 2. The highest BCUT2D eigenvalue weighted by atomic mass is 19.4. The van der Waals surface area contributed by atoms with Gasteiger partial charge in [0.05, 0.1) is 27.9 Å². The maximum absolute atomic E-state index is 14.6. The summed E-state index contributed by atoms with van der Waals surface area (Å²) in [7, 11) is 4.49. The Kier molecular flexibility index (Phi) is 7.41. The smallest absolute Gasteiger partial charge is 0.377 e. The van der Waals surface area contributed by atoms with Gasteiger partial charge in [-0.25, -0.2) is 18.2 Å². The molecule has 0 spiro atoms. The molecule has 2 aromatic carbocycles. The molecule has 5 rings (SSSR count). The topological polar surface area (TPSA) is 77.6 Å². The number of hydrogen-bond acceptors (Lipinski definition) is 5. The van der Waals surface area contributed by atoms with E-state index in [1.165, 1.54) is 47.5 Å². The maximum Gasteiger partial charge on any atom is 0.417 e. The number of aromatic nitrogens is 3. The van der Waals surface area contributed by atoms with E-state index in [9.17, 15) is 35.9 Å². The highest BCUT2D eigenvalue weighted by molar-refractivity contribution is 6.10. The van der Waals surface area contributed by atoms with E-state index in [1.54, 1.807) is 7.05 Å². The van der Waals surface area contributed by atoms with Crippen LogP contribution in [0.3, 0.4) is 0 Å². The van der Waals surface area contributed by atoms with E-state index in [1.807, 2.05) is 0 Å². The number of halogens is 6. The van der Waals surface area contributed by atoms with Crippen molar-refractivity contribution in [2.45, 2.75) is 19.3 Å². The van der Waals surface area contributed by atoms with Crippen molar-refractivity contribution >= 4 is 28.6 Å². The van der Waals surface area contributed by atoms with Crippen LogP contribution in [0.25, 0.3) is 27.7 Å². The summed E-state index contributed by atoms with van der Waals surface area (Å²) in [5.41, 5.74) is -1.98. The van der Waals surface area contributed by atoms with Crippen molar-refractivity contribution in [3.63, 3.8) is 0 Å². The van der Waals surface area contributed by atoms with Gasteiger partial charge in [0, 0.05) is 43.6 Å². The number of nitrogens with zero attached hydrogens (tertiary/aromatic N) is 3. The van der Waals surface area contributed by atoms with Crippen LogP contribution < -0.4 is 5.32 Å². The van der Waals surface area contributed by atoms with E-state index >= 15 is 0 Å². The lowest BCUT2D eigenvalue weighted by Gasteiger charge is -2.18. The van der Waals surface area contributed by atoms with E-state index in [0.29, 0.717) is 29.8 Å². The minimum atomic E-state index is -4.91. The average molecular weight is 589 g/mol. The molecule has 1 N–H and O–H groups in total. The number of fused-ring (bicyclic) bond motifs is 2. The number of carbonyl (C=O) groups excluding carboxylic acids is 2. The summed E-state index contributed by atoms with van der Waals surface area (Å²) >= 11 is 0. The van der Waals surface area contributed by atoms with Crippen molar-refractivity contribution in [1.29, 1.82) is 0 Å². The number of methoxy groups -OCH3 is 1. The van der Waals surface area contributed by atoms with Gasteiger partial charge in [-0.1, -0.05) is 6.07 Å². The lowest BCUT2D eigenvalue weighted by atomic mass is 9.92. The van der Waals surface area contributed by atoms with Crippen LogP contribution >= 0.6 is 0 Å². The third kappa shape index (κ3) is 4.64. The summed E-state index contributed by atoms with van der Waals surface area (Å²) in [5, 5.41) is 2.88. The maximum atomic E-state index is 14.6. The standard InChI is InChI=1S/C29H22F6N4O3/c1-36-11-15-9-22(28(41)14-7-19(30)25(32)20(31)8-14)39-6-4-5-16(27(15)39)24-17(12-40)26-21(10-18(24)29(33,34)35)38(2)23(37-26)13-42-3/h4-10,12,36H,11,13H2,1-3H3. The first kappa shape index (κ1) is 29.0. The summed E-state index contributed by atoms with van der Waals surface area (Å²) in [6.45, 7) is 0.0539. The van der Waals surface area contributed by atoms with Crippen molar-refractivity contribution in [2.24, 2.45) is 7.05 Å². The van der Waals surface area contributed by atoms with Gasteiger partial charge in [0.1, 0.15) is 17.9 Å². The number of hydrogen-bond donors (Lipinski definition) is 1. The average Bonchev–Trinajstić information content (AvgIpc) is 3.47. The molecule has 0 atom stereocenters. The van der Waals surface area contributed by atoms with E-state index < -0.39 is 46.1 Å². The zero-order valence-corrected chi connectivity index (χ0v) is 22.4. The molecule has 0 fully saturated rings. The summed E-state index contributed by atoms with van der Waals surface area (Å²) in [6, 6.07) is 6.11. The fourth-order valence-electron chi connectivity index (χ4n) is 5.16. The van der Waals surface area contributed by atoms with Gasteiger partial charge in [-0.3, -0.25) is 9.59 Å². The number of ether oxygens (including phenoxy) is 1. The Balaban J connectivity index is 1.86. The molecule has 0 bridgehead atoms. The van der Waals surface area contributed by atoms with Crippen LogP contribution in [0.15, 0.2) is 42.6 Å². The molecule has 218 valence electrons. The molecule has 3 aromatic heterocycles. The number of ketones is 1. The van der Waals surface area contributed by atoms with Crippen molar-refractivity contribution in [1.82, 2.24) is 19.3 Å². The molecule has 0 aliphatic rings. The molecule has 0 aliphatic heterocycles. The monoisotopic (exact) mass is 588 g/mol. The number of aldehydes is 1. The zero-order valence-electron chi connectivity index (χ0n) is 22.4. The summed E-state index contributed by atoms with van der Waals surface area (Å²) in [4.78, 5) is 30.3. The Bertz CT molecular complexity index is 1870. The molecular weight excluding hydrogens is 566 g/mol. The Morgan fingerprint density at radius 1 is 1.12 bits per heavy atom. The number of benzene rings is 2. The first-order valence-electron chi connectivity index (χ1n) is 12.4. The van der Waals surface area contributed by atoms with Gasteiger partial charge in [-0.2, -0.15) is 13.2 Å². The molecule has 3 heterocycles. The van der Waals surface area contributed by atoms with Crippen LogP contribution in [0.5, 0.6) is 0 Å². The fourth-order valence-corrected chi connectivity index (χ4v) is 5.16. The van der Waals surface area contributed by atoms with Crippen LogP contribution in [0.4, 0.5) is 26.3 Å². The molecule has 13 heteroatoms. The van der Waals surface area contributed by atoms with Crippen LogP contribution in [0.2, 0.25) is 0 Å². The molecule has 0 radical (unpaired) electrons. The van der Waals surface area contributed by atoms with Crippen LogP contribution in [-0.2, 0) is 31.1 Å². The second kappa shape index (κ2) is 10.7. The summed E-state index contributed by atoms with van der Waals surface area (Å²) < 4.78 is 93.1. The van der Waals surface area contributed by atoms with Gasteiger partial charge in [-0.05, 0) is 42.9 Å². The predicted molar refractivity (Wildman–Crippen MR) is 141 cm³/mol. The number of nitrogens with one attached hydrogen (secondary N) is 1.